The van der Waals surface area contributed by atoms with E-state index in [4.69, 9.17) is 10.5 Å². The standard InChI is InChI=1S/C13H17N3O2.C13H23NO.C3H9N.C3H6O.CH2O.3H2/c14-13(18)11-7-4-8-16(11)12(17)9-15-10-5-2-1-3-6-10;1-3-4-5-6-9-7-10(9)11-8-12(11)13(15)14-2;1-4(2)3;1-3(2)4;1-2;;;/h1-3,5-6,11,15H,4,7-9H2,(H2,14,18);9-12H,3-8H2,1-2H3,(H,14,15);1-3H3;1-2H3;1H2;3*1H/t11-;9?,10-,11-,12-;;;;;;/m00....../s1. The zero-order chi connectivity index (χ0) is 32.9. The highest BCUT2D eigenvalue weighted by atomic mass is 16.2. The molecule has 10 nitrogen and oxygen atoms in total. The van der Waals surface area contributed by atoms with Gasteiger partial charge in [-0.1, -0.05) is 50.8 Å². The number of carbonyl (C=O) groups is 5. The molecule has 2 saturated carbocycles. The number of primary amides is 1. The maximum absolute atomic E-state index is 12.0. The maximum Gasteiger partial charge on any atom is 0.242 e. The Morgan fingerprint density at radius 1 is 1.02 bits per heavy atom. The summed E-state index contributed by atoms with van der Waals surface area (Å²) >= 11 is 0. The Labute approximate surface area is 264 Å². The summed E-state index contributed by atoms with van der Waals surface area (Å²) in [5.41, 5.74) is 6.17. The Hall–Kier alpha value is -3.27. The highest BCUT2D eigenvalue weighted by Crippen LogP contribution is 2.59. The van der Waals surface area contributed by atoms with Crippen LogP contribution in [0.3, 0.4) is 0 Å². The predicted octanol–water partition coefficient (Wildman–Crippen LogP) is 4.49. The molecular weight excluding hydrogens is 546 g/mol. The van der Waals surface area contributed by atoms with Crippen molar-refractivity contribution in [3.8, 4) is 0 Å². The first-order chi connectivity index (χ1) is 20.4. The number of ketones is 1. The third kappa shape index (κ3) is 17.4. The van der Waals surface area contributed by atoms with Gasteiger partial charge in [0.15, 0.2) is 0 Å². The summed E-state index contributed by atoms with van der Waals surface area (Å²) in [5, 5.41) is 5.81. The summed E-state index contributed by atoms with van der Waals surface area (Å²) in [6, 6.07) is 9.06. The smallest absolute Gasteiger partial charge is 0.242 e. The van der Waals surface area contributed by atoms with Crippen molar-refractivity contribution in [1.82, 2.24) is 15.1 Å². The zero-order valence-electron chi connectivity index (χ0n) is 27.6. The lowest BCUT2D eigenvalue weighted by atomic mass is 10.1. The lowest BCUT2D eigenvalue weighted by Gasteiger charge is -2.22. The number of nitrogens with zero attached hydrogens (tertiary/aromatic N) is 2. The first kappa shape index (κ1) is 39.7. The topological polar surface area (TPSA) is 142 Å². The number of unbranched alkanes of at least 4 members (excludes halogenated alkanes) is 2. The van der Waals surface area contributed by atoms with Crippen LogP contribution in [0, 0.1) is 23.7 Å². The fourth-order valence-corrected chi connectivity index (χ4v) is 5.15. The van der Waals surface area contributed by atoms with Crippen molar-refractivity contribution in [2.24, 2.45) is 29.4 Å². The van der Waals surface area contributed by atoms with E-state index in [1.807, 2.05) is 63.2 Å². The molecule has 250 valence electrons. The molecule has 0 radical (unpaired) electrons. The number of carbonyl (C=O) groups excluding carboxylic acids is 5. The van der Waals surface area contributed by atoms with Gasteiger partial charge in [-0.3, -0.25) is 14.4 Å². The molecule has 4 rings (SSSR count). The van der Waals surface area contributed by atoms with Crippen LogP contribution in [0.2, 0.25) is 0 Å². The van der Waals surface area contributed by atoms with E-state index in [0.717, 1.165) is 36.3 Å². The van der Waals surface area contributed by atoms with Gasteiger partial charge in [0.05, 0.1) is 6.54 Å². The van der Waals surface area contributed by atoms with Gasteiger partial charge in [-0.25, -0.2) is 0 Å². The summed E-state index contributed by atoms with van der Waals surface area (Å²) in [6.45, 7) is 8.11. The number of rotatable bonds is 10. The molecule has 1 aromatic rings. The first-order valence-corrected chi connectivity index (χ1v) is 15.4. The molecule has 1 aromatic carbocycles. The average Bonchev–Trinajstić information content (AvgIpc) is 3.87. The van der Waals surface area contributed by atoms with E-state index in [9.17, 15) is 19.2 Å². The second-order valence-corrected chi connectivity index (χ2v) is 11.9. The average molecular weight is 610 g/mol. The minimum atomic E-state index is -0.435. The van der Waals surface area contributed by atoms with Crippen LogP contribution >= 0.6 is 0 Å². The lowest BCUT2D eigenvalue weighted by Crippen LogP contribution is -2.45. The van der Waals surface area contributed by atoms with E-state index in [2.05, 4.69) is 17.6 Å². The number of nitrogens with two attached hydrogens (primary N) is 1. The van der Waals surface area contributed by atoms with E-state index < -0.39 is 11.9 Å². The third-order valence-electron chi connectivity index (χ3n) is 7.25. The van der Waals surface area contributed by atoms with Gasteiger partial charge in [0.25, 0.3) is 0 Å². The summed E-state index contributed by atoms with van der Waals surface area (Å²) < 4.78 is 0. The van der Waals surface area contributed by atoms with Crippen molar-refractivity contribution in [2.75, 3.05) is 46.6 Å². The molecule has 43 heavy (non-hydrogen) atoms. The van der Waals surface area contributed by atoms with Gasteiger partial charge in [-0.2, -0.15) is 0 Å². The molecular formula is C33H63N5O5. The predicted molar refractivity (Wildman–Crippen MR) is 180 cm³/mol. The Morgan fingerprint density at radius 2 is 1.60 bits per heavy atom. The maximum atomic E-state index is 12.0. The normalized spacial score (nSPS) is 22.4. The van der Waals surface area contributed by atoms with Crippen LogP contribution < -0.4 is 16.4 Å². The Bertz CT molecular complexity index is 968. The van der Waals surface area contributed by atoms with Gasteiger partial charge >= 0.3 is 0 Å². The van der Waals surface area contributed by atoms with Gasteiger partial charge in [0.1, 0.15) is 18.6 Å². The third-order valence-corrected chi connectivity index (χ3v) is 7.25. The summed E-state index contributed by atoms with van der Waals surface area (Å²) in [4.78, 5) is 55.6. The molecule has 3 amide bonds. The molecule has 1 aliphatic heterocycles. The fraction of sp³-hybridized carbons (Fsp3) is 0.667. The minimum absolute atomic E-state index is 0. The Morgan fingerprint density at radius 3 is 2.12 bits per heavy atom. The largest absolute Gasteiger partial charge is 0.376 e. The number of benzene rings is 1. The minimum Gasteiger partial charge on any atom is -0.376 e. The van der Waals surface area contributed by atoms with Crippen LogP contribution in [0.5, 0.6) is 0 Å². The molecule has 3 fully saturated rings. The van der Waals surface area contributed by atoms with Crippen molar-refractivity contribution in [2.45, 2.75) is 78.2 Å². The summed E-state index contributed by atoms with van der Waals surface area (Å²) in [6.07, 6.45) is 9.59. The second kappa shape index (κ2) is 22.3. The van der Waals surface area contributed by atoms with Crippen LogP contribution in [0.1, 0.15) is 76.4 Å². The molecule has 5 atom stereocenters. The van der Waals surface area contributed by atoms with Gasteiger partial charge in [-0.05, 0) is 90.6 Å². The van der Waals surface area contributed by atoms with Crippen molar-refractivity contribution in [3.05, 3.63) is 30.3 Å². The molecule has 1 unspecified atom stereocenters. The second-order valence-electron chi connectivity index (χ2n) is 11.9. The number of hydrogen-bond acceptors (Lipinski definition) is 7. The molecule has 0 bridgehead atoms. The van der Waals surface area contributed by atoms with E-state index in [1.54, 1.807) is 11.9 Å². The molecule has 0 spiro atoms. The number of para-hydroxylation sites is 1. The SMILES string of the molecule is C=O.CC(C)=O.CCCCCC1C[C@@H]1[C@@H]1C[C@@H]1C(=O)NC.CN(C)C.NC(=O)[C@@H]1CCCN1C(=O)CNc1ccccc1.[HH].[HH].[HH]. The molecule has 0 aromatic heterocycles. The highest BCUT2D eigenvalue weighted by Gasteiger charge is 2.55. The Balaban J connectivity index is -0.000000286. The molecule has 1 heterocycles. The van der Waals surface area contributed by atoms with Crippen LogP contribution in [-0.4, -0.2) is 87.4 Å². The van der Waals surface area contributed by atoms with Gasteiger partial charge in [-0.15, -0.1) is 0 Å². The number of Topliss-reactive ketones (excluding diaryl/α,β-unsaturated/α-hetero) is 1. The molecule has 4 N–H and O–H groups in total. The van der Waals surface area contributed by atoms with Crippen molar-refractivity contribution in [1.29, 1.82) is 0 Å². The number of amides is 3. The van der Waals surface area contributed by atoms with E-state index >= 15 is 0 Å². The number of hydrogen-bond donors (Lipinski definition) is 3. The van der Waals surface area contributed by atoms with Gasteiger partial charge in [0, 0.05) is 29.5 Å². The van der Waals surface area contributed by atoms with E-state index in [-0.39, 0.29) is 28.4 Å². The van der Waals surface area contributed by atoms with Crippen LogP contribution in [0.4, 0.5) is 5.69 Å². The van der Waals surface area contributed by atoms with E-state index in [0.29, 0.717) is 18.9 Å². The van der Waals surface area contributed by atoms with E-state index in [1.165, 1.54) is 46.0 Å². The van der Waals surface area contributed by atoms with Crippen molar-refractivity contribution >= 4 is 36.0 Å². The van der Waals surface area contributed by atoms with Crippen LogP contribution in [0.25, 0.3) is 0 Å². The molecule has 2 aliphatic carbocycles. The zero-order valence-corrected chi connectivity index (χ0v) is 27.6. The van der Waals surface area contributed by atoms with Crippen molar-refractivity contribution in [3.63, 3.8) is 0 Å². The van der Waals surface area contributed by atoms with Crippen LogP contribution in [-0.2, 0) is 24.0 Å². The monoisotopic (exact) mass is 609 g/mol. The quantitative estimate of drug-likeness (QED) is 0.332. The van der Waals surface area contributed by atoms with Gasteiger partial charge < -0.3 is 35.8 Å². The molecule has 1 saturated heterocycles. The Kier molecular flexibility index (Phi) is 20.6. The van der Waals surface area contributed by atoms with Crippen molar-refractivity contribution < 1.29 is 28.3 Å². The fourth-order valence-electron chi connectivity index (χ4n) is 5.15. The van der Waals surface area contributed by atoms with Gasteiger partial charge in [0.2, 0.25) is 17.7 Å². The molecule has 3 aliphatic rings. The van der Waals surface area contributed by atoms with Crippen LogP contribution in [0.15, 0.2) is 30.3 Å². The first-order valence-electron chi connectivity index (χ1n) is 15.4. The highest BCUT2D eigenvalue weighted by molar-refractivity contribution is 5.89. The molecule has 10 heteroatoms. The summed E-state index contributed by atoms with van der Waals surface area (Å²) in [5.74, 6) is 2.94. The number of anilines is 1. The lowest BCUT2D eigenvalue weighted by molar-refractivity contribution is -0.135. The summed E-state index contributed by atoms with van der Waals surface area (Å²) in [7, 11) is 7.75. The number of likely N-dealkylation sites (tertiary alicyclic amines) is 1. The number of nitrogens with one attached hydrogen (secondary N) is 2.